The van der Waals surface area contributed by atoms with E-state index in [1.54, 1.807) is 37.3 Å². The summed E-state index contributed by atoms with van der Waals surface area (Å²) in [5.41, 5.74) is 0.373. The van der Waals surface area contributed by atoms with E-state index in [9.17, 15) is 9.59 Å². The maximum Gasteiger partial charge on any atom is 0.356 e. The molecule has 0 atom stereocenters. The number of hydrogen-bond acceptors (Lipinski definition) is 3. The number of carbonyl (C=O) groups is 1. The minimum atomic E-state index is -0.589. The van der Waals surface area contributed by atoms with Crippen molar-refractivity contribution in [3.8, 4) is 23.2 Å². The van der Waals surface area contributed by atoms with Gasteiger partial charge < -0.3 is 0 Å². The van der Waals surface area contributed by atoms with E-state index in [1.807, 2.05) is 0 Å². The number of rotatable bonds is 0. The van der Waals surface area contributed by atoms with Crippen molar-refractivity contribution in [2.75, 3.05) is 0 Å². The van der Waals surface area contributed by atoms with E-state index in [2.05, 4.69) is 16.8 Å². The van der Waals surface area contributed by atoms with Crippen molar-refractivity contribution in [1.29, 1.82) is 0 Å². The number of hydrogen-bond donors (Lipinski definition) is 0. The Hall–Kier alpha value is -2.41. The van der Waals surface area contributed by atoms with E-state index >= 15 is 0 Å². The van der Waals surface area contributed by atoms with Crippen molar-refractivity contribution >= 4 is 5.91 Å². The maximum absolute atomic E-state index is 11.6. The van der Waals surface area contributed by atoms with E-state index in [1.165, 1.54) is 0 Å². The van der Waals surface area contributed by atoms with Crippen molar-refractivity contribution in [3.63, 3.8) is 0 Å². The lowest BCUT2D eigenvalue weighted by Crippen LogP contribution is -2.22. The van der Waals surface area contributed by atoms with Crippen LogP contribution in [0.4, 0.5) is 0 Å². The van der Waals surface area contributed by atoms with Crippen LogP contribution in [0.1, 0.15) is 11.7 Å². The quantitative estimate of drug-likeness (QED) is 0.612. The summed E-state index contributed by atoms with van der Waals surface area (Å²) >= 11 is 0. The van der Waals surface area contributed by atoms with Crippen LogP contribution in [0, 0.1) is 11.8 Å². The third-order valence-electron chi connectivity index (χ3n) is 2.08. The van der Waals surface area contributed by atoms with Gasteiger partial charge in [-0.1, -0.05) is 24.1 Å². The summed E-state index contributed by atoms with van der Waals surface area (Å²) in [5, 5.41) is 0. The van der Waals surface area contributed by atoms with Crippen LogP contribution in [0.15, 0.2) is 35.1 Å². The van der Waals surface area contributed by atoms with Crippen molar-refractivity contribution in [3.05, 3.63) is 40.8 Å². The fourth-order valence-electron chi connectivity index (χ4n) is 1.43. The molecule has 0 unspecified atom stereocenters. The van der Waals surface area contributed by atoms with Gasteiger partial charge in [0.15, 0.2) is 0 Å². The van der Waals surface area contributed by atoms with E-state index in [-0.39, 0.29) is 0 Å². The molecule has 4 heteroatoms. The molecule has 1 heterocycles. The summed E-state index contributed by atoms with van der Waals surface area (Å²) in [6.45, 7) is 1.54. The average Bonchev–Trinajstić information content (AvgIpc) is 2.43. The van der Waals surface area contributed by atoms with Gasteiger partial charge in [0.25, 0.3) is 0 Å². The minimum Gasteiger partial charge on any atom is -0.258 e. The van der Waals surface area contributed by atoms with Crippen LogP contribution in [0.3, 0.4) is 0 Å². The fraction of sp³-hybridized carbons (Fsp3) is 0.0833. The summed E-state index contributed by atoms with van der Waals surface area (Å²) in [4.78, 5) is 26.9. The average molecular weight is 212 g/mol. The van der Waals surface area contributed by atoms with Crippen LogP contribution in [0.5, 0.6) is 0 Å². The number of fused-ring (bicyclic) bond motifs is 1. The zero-order valence-corrected chi connectivity index (χ0v) is 8.60. The molecule has 0 aromatic carbocycles. The molecular weight excluding hydrogens is 204 g/mol. The number of imidazole rings is 1. The van der Waals surface area contributed by atoms with Crippen molar-refractivity contribution in [1.82, 2.24) is 9.55 Å². The molecule has 0 bridgehead atoms. The highest BCUT2D eigenvalue weighted by atomic mass is 16.2. The van der Waals surface area contributed by atoms with Crippen molar-refractivity contribution in [2.45, 2.75) is 6.92 Å². The largest absolute Gasteiger partial charge is 0.356 e. The van der Waals surface area contributed by atoms with E-state index in [4.69, 9.17) is 0 Å². The molecule has 0 fully saturated rings. The topological polar surface area (TPSA) is 52.0 Å². The monoisotopic (exact) mass is 212 g/mol. The molecule has 2 aliphatic rings. The maximum atomic E-state index is 11.6. The second kappa shape index (κ2) is 3.99. The van der Waals surface area contributed by atoms with E-state index < -0.39 is 11.6 Å². The van der Waals surface area contributed by atoms with Gasteiger partial charge in [0.05, 0.1) is 11.4 Å². The molecule has 0 aromatic rings. The van der Waals surface area contributed by atoms with Gasteiger partial charge in [-0.3, -0.25) is 4.79 Å². The normalized spacial score (nSPS) is 9.56. The van der Waals surface area contributed by atoms with Gasteiger partial charge in [0.2, 0.25) is 0 Å². The standard InChI is InChI=1S/C12H8N2O2/c1-2-6-11(15)14-10-8-5-3-4-7-9(10)13-12(14)16/h3-5,7-8H,1H3. The summed E-state index contributed by atoms with van der Waals surface area (Å²) < 4.78 is 0.978. The first kappa shape index (κ1) is 10.1. The highest BCUT2D eigenvalue weighted by Crippen LogP contribution is 2.14. The molecule has 0 N–H and O–H groups in total. The highest BCUT2D eigenvalue weighted by Gasteiger charge is 2.16. The number of nitrogens with zero attached hydrogens (tertiary/aromatic N) is 2. The third kappa shape index (κ3) is 1.59. The van der Waals surface area contributed by atoms with Gasteiger partial charge in [-0.05, 0) is 25.0 Å². The Balaban J connectivity index is 2.73. The minimum absolute atomic E-state index is 0.475. The molecule has 1 aliphatic heterocycles. The van der Waals surface area contributed by atoms with Crippen LogP contribution in [0.2, 0.25) is 0 Å². The first-order valence-corrected chi connectivity index (χ1v) is 4.69. The summed E-state index contributed by atoms with van der Waals surface area (Å²) in [6.07, 6.45) is 0. The van der Waals surface area contributed by atoms with Gasteiger partial charge in [0, 0.05) is 0 Å². The molecule has 1 aliphatic carbocycles. The second-order valence-electron chi connectivity index (χ2n) is 3.09. The lowest BCUT2D eigenvalue weighted by molar-refractivity contribution is 0.0978. The van der Waals surface area contributed by atoms with Crippen molar-refractivity contribution < 1.29 is 4.79 Å². The lowest BCUT2D eigenvalue weighted by atomic mass is 10.3. The van der Waals surface area contributed by atoms with E-state index in [0.29, 0.717) is 11.4 Å². The Morgan fingerprint density at radius 3 is 2.81 bits per heavy atom. The zero-order chi connectivity index (χ0) is 11.5. The molecular formula is C12H8N2O2. The van der Waals surface area contributed by atoms with Gasteiger partial charge in [-0.25, -0.2) is 9.36 Å². The molecule has 2 rings (SSSR count). The molecule has 16 heavy (non-hydrogen) atoms. The summed E-state index contributed by atoms with van der Waals surface area (Å²) in [7, 11) is 0. The highest BCUT2D eigenvalue weighted by molar-refractivity contribution is 5.97. The summed E-state index contributed by atoms with van der Waals surface area (Å²) in [5.74, 6) is 4.24. The molecule has 0 aromatic heterocycles. The predicted molar refractivity (Wildman–Crippen MR) is 59.2 cm³/mol. The first-order chi connectivity index (χ1) is 7.74. The Kier molecular flexibility index (Phi) is 2.52. The van der Waals surface area contributed by atoms with Gasteiger partial charge in [0.1, 0.15) is 0 Å². The van der Waals surface area contributed by atoms with Gasteiger partial charge in [-0.2, -0.15) is 4.98 Å². The number of carbonyl (C=O) groups excluding carboxylic acids is 1. The van der Waals surface area contributed by atoms with Gasteiger partial charge in [-0.15, -0.1) is 0 Å². The van der Waals surface area contributed by atoms with Crippen LogP contribution in [-0.2, 0) is 0 Å². The molecule has 78 valence electrons. The number of aromatic nitrogens is 2. The fourth-order valence-corrected chi connectivity index (χ4v) is 1.43. The molecule has 0 saturated carbocycles. The smallest absolute Gasteiger partial charge is 0.258 e. The molecule has 0 amide bonds. The van der Waals surface area contributed by atoms with Crippen LogP contribution in [-0.4, -0.2) is 15.5 Å². The molecule has 0 radical (unpaired) electrons. The Labute approximate surface area is 91.9 Å². The third-order valence-corrected chi connectivity index (χ3v) is 2.08. The Morgan fingerprint density at radius 1 is 1.31 bits per heavy atom. The van der Waals surface area contributed by atoms with Crippen LogP contribution < -0.4 is 5.69 Å². The summed E-state index contributed by atoms with van der Waals surface area (Å²) in [6, 6.07) is 8.65. The van der Waals surface area contributed by atoms with Crippen molar-refractivity contribution in [2.24, 2.45) is 0 Å². The molecule has 0 saturated heterocycles. The first-order valence-electron chi connectivity index (χ1n) is 4.69. The molecule has 4 nitrogen and oxygen atoms in total. The predicted octanol–water partition coefficient (Wildman–Crippen LogP) is 1.01. The zero-order valence-electron chi connectivity index (χ0n) is 8.60. The lowest BCUT2D eigenvalue weighted by Gasteiger charge is -1.95. The second-order valence-corrected chi connectivity index (χ2v) is 3.09. The SMILES string of the molecule is CC#CC(=O)n1c2cccccc-2nc1=O. The van der Waals surface area contributed by atoms with Crippen LogP contribution >= 0.6 is 0 Å². The Bertz CT molecular complexity index is 632. The molecule has 0 spiro atoms. The van der Waals surface area contributed by atoms with Gasteiger partial charge >= 0.3 is 11.6 Å². The Morgan fingerprint density at radius 2 is 2.06 bits per heavy atom. The van der Waals surface area contributed by atoms with Crippen LogP contribution in [0.25, 0.3) is 11.4 Å². The van der Waals surface area contributed by atoms with E-state index in [0.717, 1.165) is 4.57 Å².